The SMILES string of the molecule is O=C(CSc1ccccc1)NCc1ccc(CCl)cc1. The predicted molar refractivity (Wildman–Crippen MR) is 85.0 cm³/mol. The molecule has 1 N–H and O–H groups in total. The molecule has 0 atom stereocenters. The van der Waals surface area contributed by atoms with Crippen molar-refractivity contribution in [2.45, 2.75) is 17.3 Å². The monoisotopic (exact) mass is 305 g/mol. The van der Waals surface area contributed by atoms with Crippen LogP contribution in [0.1, 0.15) is 11.1 Å². The third kappa shape index (κ3) is 4.91. The van der Waals surface area contributed by atoms with Crippen LogP contribution in [-0.2, 0) is 17.2 Å². The van der Waals surface area contributed by atoms with Gasteiger partial charge < -0.3 is 5.32 Å². The van der Waals surface area contributed by atoms with Crippen LogP contribution >= 0.6 is 23.4 Å². The first-order chi connectivity index (χ1) is 9.78. The Labute approximate surface area is 128 Å². The molecule has 1 amide bonds. The third-order valence-corrected chi connectivity index (χ3v) is 4.10. The van der Waals surface area contributed by atoms with E-state index < -0.39 is 0 Å². The second-order valence-corrected chi connectivity index (χ2v) is 5.64. The van der Waals surface area contributed by atoms with Gasteiger partial charge in [-0.25, -0.2) is 0 Å². The Morgan fingerprint density at radius 1 is 1.00 bits per heavy atom. The van der Waals surface area contributed by atoms with E-state index in [1.165, 1.54) is 0 Å². The molecule has 4 heteroatoms. The van der Waals surface area contributed by atoms with Gasteiger partial charge in [-0.1, -0.05) is 42.5 Å². The molecule has 0 saturated heterocycles. The van der Waals surface area contributed by atoms with Crippen molar-refractivity contribution < 1.29 is 4.79 Å². The fourth-order valence-electron chi connectivity index (χ4n) is 1.66. The molecular formula is C16H16ClNOS. The number of carbonyl (C=O) groups is 1. The first-order valence-corrected chi connectivity index (χ1v) is 7.88. The average Bonchev–Trinajstić information content (AvgIpc) is 2.52. The van der Waals surface area contributed by atoms with Crippen LogP contribution in [0, 0.1) is 0 Å². The molecular weight excluding hydrogens is 290 g/mol. The van der Waals surface area contributed by atoms with Gasteiger partial charge in [-0.15, -0.1) is 23.4 Å². The first kappa shape index (κ1) is 14.9. The molecule has 2 nitrogen and oxygen atoms in total. The van der Waals surface area contributed by atoms with Gasteiger partial charge in [0.05, 0.1) is 5.75 Å². The minimum absolute atomic E-state index is 0.0419. The molecule has 0 bridgehead atoms. The van der Waals surface area contributed by atoms with E-state index in [0.29, 0.717) is 18.2 Å². The maximum Gasteiger partial charge on any atom is 0.230 e. The summed E-state index contributed by atoms with van der Waals surface area (Å²) in [5, 5.41) is 2.91. The molecule has 0 heterocycles. The molecule has 2 aromatic carbocycles. The Morgan fingerprint density at radius 2 is 1.65 bits per heavy atom. The van der Waals surface area contributed by atoms with Crippen molar-refractivity contribution in [3.8, 4) is 0 Å². The minimum atomic E-state index is 0.0419. The lowest BCUT2D eigenvalue weighted by atomic mass is 10.1. The lowest BCUT2D eigenvalue weighted by Gasteiger charge is -2.06. The number of alkyl halides is 1. The second kappa shape index (κ2) is 7.98. The van der Waals surface area contributed by atoms with Crippen molar-refractivity contribution >= 4 is 29.3 Å². The second-order valence-electron chi connectivity index (χ2n) is 4.33. The van der Waals surface area contributed by atoms with Crippen LogP contribution < -0.4 is 5.32 Å². The Balaban J connectivity index is 1.74. The van der Waals surface area contributed by atoms with Crippen LogP contribution in [0.3, 0.4) is 0 Å². The molecule has 0 fully saturated rings. The summed E-state index contributed by atoms with van der Waals surface area (Å²) >= 11 is 7.27. The summed E-state index contributed by atoms with van der Waals surface area (Å²) < 4.78 is 0. The zero-order valence-corrected chi connectivity index (χ0v) is 12.6. The highest BCUT2D eigenvalue weighted by Crippen LogP contribution is 2.16. The highest BCUT2D eigenvalue weighted by atomic mass is 35.5. The lowest BCUT2D eigenvalue weighted by molar-refractivity contribution is -0.118. The van der Waals surface area contributed by atoms with Gasteiger partial charge in [-0.3, -0.25) is 4.79 Å². The molecule has 104 valence electrons. The third-order valence-electron chi connectivity index (χ3n) is 2.78. The molecule has 0 aliphatic heterocycles. The standard InChI is InChI=1S/C16H16ClNOS/c17-10-13-6-8-14(9-7-13)11-18-16(19)12-20-15-4-2-1-3-5-15/h1-9H,10-12H2,(H,18,19). The summed E-state index contributed by atoms with van der Waals surface area (Å²) in [6.45, 7) is 0.552. The maximum atomic E-state index is 11.8. The molecule has 20 heavy (non-hydrogen) atoms. The van der Waals surface area contributed by atoms with E-state index in [4.69, 9.17) is 11.6 Å². The fourth-order valence-corrected chi connectivity index (χ4v) is 2.59. The van der Waals surface area contributed by atoms with E-state index in [0.717, 1.165) is 16.0 Å². The van der Waals surface area contributed by atoms with Crippen molar-refractivity contribution in [3.63, 3.8) is 0 Å². The zero-order chi connectivity index (χ0) is 14.2. The molecule has 0 radical (unpaired) electrons. The van der Waals surface area contributed by atoms with Gasteiger partial charge in [-0.2, -0.15) is 0 Å². The average molecular weight is 306 g/mol. The summed E-state index contributed by atoms with van der Waals surface area (Å²) in [4.78, 5) is 12.9. The number of hydrogen-bond donors (Lipinski definition) is 1. The summed E-state index contributed by atoms with van der Waals surface area (Å²) in [5.41, 5.74) is 2.17. The van der Waals surface area contributed by atoms with E-state index in [9.17, 15) is 4.79 Å². The highest BCUT2D eigenvalue weighted by Gasteiger charge is 2.02. The number of hydrogen-bond acceptors (Lipinski definition) is 2. The first-order valence-electron chi connectivity index (χ1n) is 6.36. The van der Waals surface area contributed by atoms with Crippen LogP contribution in [0.5, 0.6) is 0 Å². The van der Waals surface area contributed by atoms with Gasteiger partial charge in [0.15, 0.2) is 0 Å². The Bertz CT molecular complexity index is 542. The largest absolute Gasteiger partial charge is 0.351 e. The van der Waals surface area contributed by atoms with E-state index in [1.54, 1.807) is 11.8 Å². The summed E-state index contributed by atoms with van der Waals surface area (Å²) in [6, 6.07) is 17.8. The molecule has 0 unspecified atom stereocenters. The van der Waals surface area contributed by atoms with E-state index in [1.807, 2.05) is 54.6 Å². The van der Waals surface area contributed by atoms with Crippen molar-refractivity contribution in [3.05, 3.63) is 65.7 Å². The van der Waals surface area contributed by atoms with Gasteiger partial charge >= 0.3 is 0 Å². The van der Waals surface area contributed by atoms with Crippen molar-refractivity contribution in [2.75, 3.05) is 5.75 Å². The molecule has 2 aromatic rings. The van der Waals surface area contributed by atoms with Crippen molar-refractivity contribution in [1.82, 2.24) is 5.32 Å². The smallest absolute Gasteiger partial charge is 0.230 e. The number of halogens is 1. The topological polar surface area (TPSA) is 29.1 Å². The lowest BCUT2D eigenvalue weighted by Crippen LogP contribution is -2.24. The quantitative estimate of drug-likeness (QED) is 0.649. The van der Waals surface area contributed by atoms with Crippen LogP contribution in [0.15, 0.2) is 59.5 Å². The maximum absolute atomic E-state index is 11.8. The van der Waals surface area contributed by atoms with Crippen LogP contribution in [0.25, 0.3) is 0 Å². The Kier molecular flexibility index (Phi) is 5.96. The Morgan fingerprint density at radius 3 is 2.30 bits per heavy atom. The Hall–Kier alpha value is -1.45. The molecule has 0 spiro atoms. The van der Waals surface area contributed by atoms with Crippen LogP contribution in [0.4, 0.5) is 0 Å². The van der Waals surface area contributed by atoms with Gasteiger partial charge in [-0.05, 0) is 23.3 Å². The number of rotatable bonds is 6. The number of amides is 1. The summed E-state index contributed by atoms with van der Waals surface area (Å²) in [5.74, 6) is 0.990. The van der Waals surface area contributed by atoms with E-state index in [2.05, 4.69) is 5.32 Å². The van der Waals surface area contributed by atoms with Gasteiger partial charge in [0.1, 0.15) is 0 Å². The molecule has 2 rings (SSSR count). The molecule has 0 aliphatic rings. The number of carbonyl (C=O) groups excluding carboxylic acids is 1. The van der Waals surface area contributed by atoms with Crippen molar-refractivity contribution in [1.29, 1.82) is 0 Å². The zero-order valence-electron chi connectivity index (χ0n) is 11.0. The molecule has 0 saturated carbocycles. The van der Waals surface area contributed by atoms with Gasteiger partial charge in [0, 0.05) is 17.3 Å². The fraction of sp³-hybridized carbons (Fsp3) is 0.188. The minimum Gasteiger partial charge on any atom is -0.351 e. The van der Waals surface area contributed by atoms with Crippen LogP contribution in [-0.4, -0.2) is 11.7 Å². The molecule has 0 aliphatic carbocycles. The number of benzene rings is 2. The molecule has 0 aromatic heterocycles. The van der Waals surface area contributed by atoms with Crippen molar-refractivity contribution in [2.24, 2.45) is 0 Å². The highest BCUT2D eigenvalue weighted by molar-refractivity contribution is 8.00. The van der Waals surface area contributed by atoms with E-state index >= 15 is 0 Å². The van der Waals surface area contributed by atoms with E-state index in [-0.39, 0.29) is 5.91 Å². The van der Waals surface area contributed by atoms with Crippen LogP contribution in [0.2, 0.25) is 0 Å². The summed E-state index contributed by atoms with van der Waals surface area (Å²) in [7, 11) is 0. The normalized spacial score (nSPS) is 10.2. The van der Waals surface area contributed by atoms with Gasteiger partial charge in [0.25, 0.3) is 0 Å². The van der Waals surface area contributed by atoms with Gasteiger partial charge in [0.2, 0.25) is 5.91 Å². The predicted octanol–water partition coefficient (Wildman–Crippen LogP) is 3.83. The number of thioether (sulfide) groups is 1. The summed E-state index contributed by atoms with van der Waals surface area (Å²) in [6.07, 6.45) is 0. The number of nitrogens with one attached hydrogen (secondary N) is 1.